The minimum Gasteiger partial charge on any atom is -0.366 e. The first-order valence-electron chi connectivity index (χ1n) is 6.86. The molecule has 20 heavy (non-hydrogen) atoms. The van der Waals surface area contributed by atoms with Gasteiger partial charge in [-0.15, -0.1) is 0 Å². The van der Waals surface area contributed by atoms with Gasteiger partial charge in [0.2, 0.25) is 0 Å². The minimum absolute atomic E-state index is 0.227. The summed E-state index contributed by atoms with van der Waals surface area (Å²) < 4.78 is 14.5. The molecule has 0 radical (unpaired) electrons. The molecule has 0 fully saturated rings. The third-order valence-electron chi connectivity index (χ3n) is 4.25. The van der Waals surface area contributed by atoms with Crippen LogP contribution in [0.2, 0.25) is 0 Å². The van der Waals surface area contributed by atoms with Gasteiger partial charge >= 0.3 is 0 Å². The Bertz CT molecular complexity index is 708. The molecular formula is C15H16BrFN2O. The van der Waals surface area contributed by atoms with Crippen LogP contribution in [-0.4, -0.2) is 10.9 Å². The van der Waals surface area contributed by atoms with Crippen LogP contribution in [0.3, 0.4) is 0 Å². The summed E-state index contributed by atoms with van der Waals surface area (Å²) in [5.41, 5.74) is 8.55. The van der Waals surface area contributed by atoms with Crippen molar-refractivity contribution in [1.82, 2.24) is 4.98 Å². The summed E-state index contributed by atoms with van der Waals surface area (Å²) in [5.74, 6) is -0.596. The molecule has 3 nitrogen and oxygen atoms in total. The zero-order chi connectivity index (χ0) is 14.4. The number of halogens is 2. The van der Waals surface area contributed by atoms with Gasteiger partial charge in [0.05, 0.1) is 15.6 Å². The smallest absolute Gasteiger partial charge is 0.250 e. The minimum atomic E-state index is -0.604. The molecule has 1 aliphatic rings. The number of fused-ring (bicyclic) bond motifs is 3. The highest BCUT2D eigenvalue weighted by atomic mass is 79.9. The average Bonchev–Trinajstić information content (AvgIpc) is 2.81. The second-order valence-corrected chi connectivity index (χ2v) is 6.14. The number of aryl methyl sites for hydroxylation is 1. The number of aromatic nitrogens is 1. The number of carbonyl (C=O) groups is 1. The molecule has 0 saturated heterocycles. The van der Waals surface area contributed by atoms with Crippen LogP contribution < -0.4 is 5.73 Å². The number of aromatic amines is 1. The summed E-state index contributed by atoms with van der Waals surface area (Å²) in [6.07, 6.45) is 4.16. The fourth-order valence-corrected chi connectivity index (χ4v) is 3.82. The van der Waals surface area contributed by atoms with Crippen molar-refractivity contribution >= 4 is 32.7 Å². The number of hydrogen-bond acceptors (Lipinski definition) is 1. The van der Waals surface area contributed by atoms with Crippen LogP contribution in [0.5, 0.6) is 0 Å². The molecule has 1 amide bonds. The maximum atomic E-state index is 14.0. The van der Waals surface area contributed by atoms with Gasteiger partial charge in [-0.3, -0.25) is 4.79 Å². The van der Waals surface area contributed by atoms with Crippen molar-refractivity contribution in [2.24, 2.45) is 5.73 Å². The number of carbonyl (C=O) groups excluding carboxylic acids is 1. The molecule has 2 aromatic rings. The molecule has 5 heteroatoms. The summed E-state index contributed by atoms with van der Waals surface area (Å²) in [6, 6.07) is 1.21. The summed E-state index contributed by atoms with van der Waals surface area (Å²) in [6.45, 7) is 2.15. The first kappa shape index (κ1) is 13.6. The van der Waals surface area contributed by atoms with Gasteiger partial charge in [0.1, 0.15) is 5.82 Å². The molecule has 0 spiro atoms. The van der Waals surface area contributed by atoms with Gasteiger partial charge in [0, 0.05) is 11.1 Å². The Kier molecular flexibility index (Phi) is 3.32. The highest BCUT2D eigenvalue weighted by Crippen LogP contribution is 2.41. The third kappa shape index (κ3) is 1.87. The van der Waals surface area contributed by atoms with Gasteiger partial charge < -0.3 is 10.7 Å². The Morgan fingerprint density at radius 3 is 3.00 bits per heavy atom. The molecule has 1 atom stereocenters. The molecule has 0 bridgehead atoms. The van der Waals surface area contributed by atoms with Crippen molar-refractivity contribution in [2.75, 3.05) is 0 Å². The van der Waals surface area contributed by atoms with Gasteiger partial charge in [-0.25, -0.2) is 4.39 Å². The SMILES string of the molecule is CCC1CCCc2c1[nH]c1c(C(N)=O)cc(F)c(Br)c21. The molecule has 1 aliphatic carbocycles. The Labute approximate surface area is 124 Å². The van der Waals surface area contributed by atoms with Crippen molar-refractivity contribution in [2.45, 2.75) is 38.5 Å². The van der Waals surface area contributed by atoms with E-state index in [0.717, 1.165) is 42.3 Å². The van der Waals surface area contributed by atoms with E-state index in [1.807, 2.05) is 0 Å². The van der Waals surface area contributed by atoms with E-state index in [1.165, 1.54) is 6.07 Å². The number of primary amides is 1. The normalized spacial score (nSPS) is 18.2. The van der Waals surface area contributed by atoms with Crippen LogP contribution in [0.15, 0.2) is 10.5 Å². The van der Waals surface area contributed by atoms with Gasteiger partial charge in [-0.05, 0) is 59.2 Å². The van der Waals surface area contributed by atoms with Crippen LogP contribution in [0.4, 0.5) is 4.39 Å². The fourth-order valence-electron chi connectivity index (χ4n) is 3.26. The molecule has 0 saturated carbocycles. The predicted octanol–water partition coefficient (Wildman–Crippen LogP) is 4.00. The molecule has 106 valence electrons. The third-order valence-corrected chi connectivity index (χ3v) is 5.03. The van der Waals surface area contributed by atoms with E-state index in [4.69, 9.17) is 5.73 Å². The second-order valence-electron chi connectivity index (χ2n) is 5.35. The number of rotatable bonds is 2. The summed E-state index contributed by atoms with van der Waals surface area (Å²) in [7, 11) is 0. The van der Waals surface area contributed by atoms with Crippen LogP contribution in [0.25, 0.3) is 10.9 Å². The highest BCUT2D eigenvalue weighted by Gasteiger charge is 2.27. The van der Waals surface area contributed by atoms with Gasteiger partial charge in [0.25, 0.3) is 5.91 Å². The number of nitrogens with two attached hydrogens (primary N) is 1. The van der Waals surface area contributed by atoms with Crippen molar-refractivity contribution in [1.29, 1.82) is 0 Å². The molecule has 1 unspecified atom stereocenters. The van der Waals surface area contributed by atoms with Crippen molar-refractivity contribution in [3.63, 3.8) is 0 Å². The lowest BCUT2D eigenvalue weighted by atomic mass is 9.85. The van der Waals surface area contributed by atoms with Crippen molar-refractivity contribution < 1.29 is 9.18 Å². The zero-order valence-electron chi connectivity index (χ0n) is 11.2. The quantitative estimate of drug-likeness (QED) is 0.854. The maximum Gasteiger partial charge on any atom is 0.250 e. The Morgan fingerprint density at radius 2 is 2.35 bits per heavy atom. The molecule has 0 aliphatic heterocycles. The van der Waals surface area contributed by atoms with E-state index in [-0.39, 0.29) is 5.56 Å². The van der Waals surface area contributed by atoms with Crippen LogP contribution in [0, 0.1) is 5.82 Å². The average molecular weight is 339 g/mol. The largest absolute Gasteiger partial charge is 0.366 e. The number of H-pyrrole nitrogens is 1. The van der Waals surface area contributed by atoms with E-state index < -0.39 is 11.7 Å². The summed E-state index contributed by atoms with van der Waals surface area (Å²) >= 11 is 3.32. The van der Waals surface area contributed by atoms with Gasteiger partial charge in [0.15, 0.2) is 0 Å². The number of amides is 1. The number of hydrogen-bond donors (Lipinski definition) is 2. The lowest BCUT2D eigenvalue weighted by molar-refractivity contribution is 0.100. The first-order valence-corrected chi connectivity index (χ1v) is 7.66. The molecule has 3 N–H and O–H groups in total. The lowest BCUT2D eigenvalue weighted by Gasteiger charge is -2.21. The van der Waals surface area contributed by atoms with E-state index in [2.05, 4.69) is 27.8 Å². The Morgan fingerprint density at radius 1 is 1.60 bits per heavy atom. The molecular weight excluding hydrogens is 323 g/mol. The van der Waals surface area contributed by atoms with E-state index in [0.29, 0.717) is 15.9 Å². The first-order chi connectivity index (χ1) is 9.54. The van der Waals surface area contributed by atoms with E-state index in [9.17, 15) is 9.18 Å². The van der Waals surface area contributed by atoms with Crippen molar-refractivity contribution in [3.8, 4) is 0 Å². The summed E-state index contributed by atoms with van der Waals surface area (Å²) in [5, 5.41) is 0.784. The topological polar surface area (TPSA) is 58.9 Å². The zero-order valence-corrected chi connectivity index (χ0v) is 12.8. The molecule has 1 heterocycles. The standard InChI is InChI=1S/C15H16BrFN2O/c1-2-7-4-3-5-8-11-12(16)10(17)6-9(15(18)20)14(11)19-13(7)8/h6-7,19H,2-5H2,1H3,(H2,18,20). The van der Waals surface area contributed by atoms with Crippen LogP contribution >= 0.6 is 15.9 Å². The molecule has 1 aromatic carbocycles. The fraction of sp³-hybridized carbons (Fsp3) is 0.400. The summed E-state index contributed by atoms with van der Waals surface area (Å²) in [4.78, 5) is 14.9. The monoisotopic (exact) mass is 338 g/mol. The van der Waals surface area contributed by atoms with Crippen LogP contribution in [-0.2, 0) is 6.42 Å². The maximum absolute atomic E-state index is 14.0. The van der Waals surface area contributed by atoms with Crippen molar-refractivity contribution in [3.05, 3.63) is 33.2 Å². The Hall–Kier alpha value is -1.36. The second kappa shape index (κ2) is 4.88. The lowest BCUT2D eigenvalue weighted by Crippen LogP contribution is -2.12. The van der Waals surface area contributed by atoms with Crippen LogP contribution in [0.1, 0.15) is 53.7 Å². The number of nitrogens with one attached hydrogen (secondary N) is 1. The number of benzene rings is 1. The highest BCUT2D eigenvalue weighted by molar-refractivity contribution is 9.10. The van der Waals surface area contributed by atoms with Gasteiger partial charge in [-0.1, -0.05) is 6.92 Å². The van der Waals surface area contributed by atoms with E-state index in [1.54, 1.807) is 0 Å². The van der Waals surface area contributed by atoms with Gasteiger partial charge in [-0.2, -0.15) is 0 Å². The Balaban J connectivity index is 2.39. The predicted molar refractivity (Wildman–Crippen MR) is 80.4 cm³/mol. The molecule has 3 rings (SSSR count). The van der Waals surface area contributed by atoms with E-state index >= 15 is 0 Å². The molecule has 1 aromatic heterocycles.